The number of hydrogen-bond donors (Lipinski definition) is 1. The summed E-state index contributed by atoms with van der Waals surface area (Å²) in [7, 11) is -3.11. The lowest BCUT2D eigenvalue weighted by atomic mass is 10.0. The van der Waals surface area contributed by atoms with Crippen molar-refractivity contribution in [3.8, 4) is 0 Å². The molecular weight excluding hydrogens is 324 g/mol. The highest BCUT2D eigenvalue weighted by Crippen LogP contribution is 2.17. The zero-order valence-electron chi connectivity index (χ0n) is 13.9. The Morgan fingerprint density at radius 1 is 1.12 bits per heavy atom. The Bertz CT molecular complexity index is 751. The van der Waals surface area contributed by atoms with E-state index in [0.29, 0.717) is 0 Å². The van der Waals surface area contributed by atoms with E-state index in [1.54, 1.807) is 6.20 Å². The quantitative estimate of drug-likeness (QED) is 0.858. The largest absolute Gasteiger partial charge is 0.299 e. The van der Waals surface area contributed by atoms with E-state index in [0.717, 1.165) is 39.0 Å². The highest BCUT2D eigenvalue weighted by molar-refractivity contribution is 7.88. The Labute approximate surface area is 143 Å². The van der Waals surface area contributed by atoms with Gasteiger partial charge in [-0.15, -0.1) is 0 Å². The van der Waals surface area contributed by atoms with Gasteiger partial charge in [0.15, 0.2) is 0 Å². The third kappa shape index (κ3) is 4.90. The average Bonchev–Trinajstić information content (AvgIpc) is 3.03. The molecule has 6 nitrogen and oxygen atoms in total. The monoisotopic (exact) mass is 348 g/mol. The molecule has 0 spiro atoms. The van der Waals surface area contributed by atoms with Gasteiger partial charge in [0, 0.05) is 38.1 Å². The van der Waals surface area contributed by atoms with Crippen molar-refractivity contribution in [2.45, 2.75) is 32.0 Å². The third-order valence-corrected chi connectivity index (χ3v) is 5.13. The molecule has 3 rings (SSSR count). The van der Waals surface area contributed by atoms with Crippen molar-refractivity contribution in [2.75, 3.05) is 19.3 Å². The molecular formula is C17H24N4O2S. The lowest BCUT2D eigenvalue weighted by molar-refractivity contribution is 0.199. The van der Waals surface area contributed by atoms with E-state index in [1.807, 2.05) is 16.9 Å². The maximum absolute atomic E-state index is 11.3. The molecule has 0 bridgehead atoms. The van der Waals surface area contributed by atoms with Gasteiger partial charge in [0.25, 0.3) is 0 Å². The number of nitrogens with zero attached hydrogens (tertiary/aromatic N) is 3. The van der Waals surface area contributed by atoms with Crippen LogP contribution in [0, 0.1) is 0 Å². The minimum Gasteiger partial charge on any atom is -0.299 e. The molecule has 1 aliphatic rings. The minimum atomic E-state index is -3.11. The molecule has 1 aromatic carbocycles. The number of piperidine rings is 1. The summed E-state index contributed by atoms with van der Waals surface area (Å²) in [6.07, 6.45) is 6.70. The third-order valence-electron chi connectivity index (χ3n) is 4.37. The summed E-state index contributed by atoms with van der Waals surface area (Å²) in [6, 6.07) is 10.4. The molecule has 1 N–H and O–H groups in total. The predicted molar refractivity (Wildman–Crippen MR) is 94.0 cm³/mol. The molecule has 1 saturated heterocycles. The number of hydrogen-bond acceptors (Lipinski definition) is 4. The topological polar surface area (TPSA) is 67.2 Å². The van der Waals surface area contributed by atoms with Crippen LogP contribution >= 0.6 is 0 Å². The van der Waals surface area contributed by atoms with Crippen LogP contribution in [0.4, 0.5) is 0 Å². The molecule has 2 heterocycles. The van der Waals surface area contributed by atoms with Gasteiger partial charge in [-0.05, 0) is 30.0 Å². The van der Waals surface area contributed by atoms with E-state index in [1.165, 1.54) is 17.4 Å². The van der Waals surface area contributed by atoms with Crippen molar-refractivity contribution in [3.05, 3.63) is 53.9 Å². The van der Waals surface area contributed by atoms with Gasteiger partial charge in [0.1, 0.15) is 0 Å². The van der Waals surface area contributed by atoms with Gasteiger partial charge >= 0.3 is 0 Å². The number of nitrogens with one attached hydrogen (secondary N) is 1. The summed E-state index contributed by atoms with van der Waals surface area (Å²) in [5, 5.41) is 4.28. The van der Waals surface area contributed by atoms with Gasteiger partial charge in [-0.3, -0.25) is 9.58 Å². The van der Waals surface area contributed by atoms with Crippen LogP contribution in [0.15, 0.2) is 42.7 Å². The lowest BCUT2D eigenvalue weighted by Gasteiger charge is -2.32. The number of aromatic nitrogens is 2. The molecule has 0 radical (unpaired) electrons. The summed E-state index contributed by atoms with van der Waals surface area (Å²) in [4.78, 5) is 2.39. The molecule has 7 heteroatoms. The van der Waals surface area contributed by atoms with Crippen molar-refractivity contribution in [2.24, 2.45) is 0 Å². The summed E-state index contributed by atoms with van der Waals surface area (Å²) in [5.74, 6) is 0. The van der Waals surface area contributed by atoms with E-state index < -0.39 is 10.0 Å². The summed E-state index contributed by atoms with van der Waals surface area (Å²) < 4.78 is 27.3. The van der Waals surface area contributed by atoms with Crippen LogP contribution < -0.4 is 4.72 Å². The molecule has 0 amide bonds. The van der Waals surface area contributed by atoms with Crippen LogP contribution in [0.2, 0.25) is 0 Å². The normalized spacial score (nSPS) is 17.2. The molecule has 1 aromatic heterocycles. The SMILES string of the molecule is CS(=O)(=O)NC1CCN(Cc2ccccc2Cn2cccn2)CC1. The summed E-state index contributed by atoms with van der Waals surface area (Å²) >= 11 is 0. The molecule has 24 heavy (non-hydrogen) atoms. The summed E-state index contributed by atoms with van der Waals surface area (Å²) in [5.41, 5.74) is 2.58. The van der Waals surface area contributed by atoms with E-state index >= 15 is 0 Å². The van der Waals surface area contributed by atoms with Crippen LogP contribution in [-0.4, -0.2) is 48.5 Å². The molecule has 0 atom stereocenters. The Morgan fingerprint density at radius 2 is 1.79 bits per heavy atom. The number of rotatable bonds is 6. The van der Waals surface area contributed by atoms with Gasteiger partial charge in [0.05, 0.1) is 12.8 Å². The van der Waals surface area contributed by atoms with Crippen molar-refractivity contribution < 1.29 is 8.42 Å². The standard InChI is InChI=1S/C17H24N4O2S/c1-24(22,23)19-17-7-11-20(12-8-17)13-15-5-2-3-6-16(15)14-21-10-4-9-18-21/h2-6,9-10,17,19H,7-8,11-14H2,1H3. The first-order valence-electron chi connectivity index (χ1n) is 8.23. The Balaban J connectivity index is 1.59. The van der Waals surface area contributed by atoms with E-state index in [2.05, 4.69) is 39.0 Å². The van der Waals surface area contributed by atoms with E-state index in [9.17, 15) is 8.42 Å². The fourth-order valence-corrected chi connectivity index (χ4v) is 4.03. The number of benzene rings is 1. The zero-order chi connectivity index (χ0) is 17.0. The molecule has 0 unspecified atom stereocenters. The zero-order valence-corrected chi connectivity index (χ0v) is 14.7. The van der Waals surface area contributed by atoms with Gasteiger partial charge in [0.2, 0.25) is 10.0 Å². The van der Waals surface area contributed by atoms with Crippen LogP contribution in [0.3, 0.4) is 0 Å². The van der Waals surface area contributed by atoms with Gasteiger partial charge in [-0.2, -0.15) is 5.10 Å². The number of sulfonamides is 1. The number of likely N-dealkylation sites (tertiary alicyclic amines) is 1. The second kappa shape index (κ2) is 7.46. The fourth-order valence-electron chi connectivity index (χ4n) is 3.19. The van der Waals surface area contributed by atoms with Crippen LogP contribution in [0.25, 0.3) is 0 Å². The van der Waals surface area contributed by atoms with E-state index in [-0.39, 0.29) is 6.04 Å². The van der Waals surface area contributed by atoms with Crippen LogP contribution in [0.5, 0.6) is 0 Å². The van der Waals surface area contributed by atoms with Gasteiger partial charge < -0.3 is 0 Å². The van der Waals surface area contributed by atoms with Crippen molar-refractivity contribution >= 4 is 10.0 Å². The van der Waals surface area contributed by atoms with Gasteiger partial charge in [-0.25, -0.2) is 13.1 Å². The molecule has 1 fully saturated rings. The predicted octanol–water partition coefficient (Wildman–Crippen LogP) is 1.44. The average molecular weight is 348 g/mol. The second-order valence-corrected chi connectivity index (χ2v) is 8.19. The summed E-state index contributed by atoms with van der Waals surface area (Å²) in [6.45, 7) is 3.48. The minimum absolute atomic E-state index is 0.0653. The first kappa shape index (κ1) is 17.1. The van der Waals surface area contributed by atoms with Gasteiger partial charge in [-0.1, -0.05) is 24.3 Å². The molecule has 1 aliphatic heterocycles. The van der Waals surface area contributed by atoms with Crippen molar-refractivity contribution in [1.29, 1.82) is 0 Å². The van der Waals surface area contributed by atoms with Crippen LogP contribution in [0.1, 0.15) is 24.0 Å². The maximum Gasteiger partial charge on any atom is 0.208 e. The van der Waals surface area contributed by atoms with Crippen LogP contribution in [-0.2, 0) is 23.1 Å². The molecule has 2 aromatic rings. The van der Waals surface area contributed by atoms with E-state index in [4.69, 9.17) is 0 Å². The molecule has 0 saturated carbocycles. The van der Waals surface area contributed by atoms with Crippen molar-refractivity contribution in [1.82, 2.24) is 19.4 Å². The first-order valence-corrected chi connectivity index (χ1v) is 10.1. The van der Waals surface area contributed by atoms with Crippen molar-refractivity contribution in [3.63, 3.8) is 0 Å². The fraction of sp³-hybridized carbons (Fsp3) is 0.471. The Kier molecular flexibility index (Phi) is 5.33. The molecule has 130 valence electrons. The smallest absolute Gasteiger partial charge is 0.208 e. The Morgan fingerprint density at radius 3 is 2.38 bits per heavy atom. The second-order valence-electron chi connectivity index (χ2n) is 6.41. The highest BCUT2D eigenvalue weighted by atomic mass is 32.2. The Hall–Kier alpha value is -1.70. The maximum atomic E-state index is 11.3. The first-order chi connectivity index (χ1) is 11.5. The molecule has 0 aliphatic carbocycles. The highest BCUT2D eigenvalue weighted by Gasteiger charge is 2.22. The lowest BCUT2D eigenvalue weighted by Crippen LogP contribution is -2.44.